The van der Waals surface area contributed by atoms with E-state index in [9.17, 15) is 19.2 Å². The molecule has 0 aromatic heterocycles. The van der Waals surface area contributed by atoms with Crippen LogP contribution in [0.3, 0.4) is 0 Å². The number of ether oxygens (including phenoxy) is 1. The van der Waals surface area contributed by atoms with Crippen LogP contribution in [0.25, 0.3) is 0 Å². The normalized spacial score (nSPS) is 12.6. The van der Waals surface area contributed by atoms with E-state index < -0.39 is 5.91 Å². The van der Waals surface area contributed by atoms with E-state index in [1.54, 1.807) is 49.4 Å². The summed E-state index contributed by atoms with van der Waals surface area (Å²) in [6, 6.07) is 11.5. The van der Waals surface area contributed by atoms with Crippen LogP contribution < -0.4 is 15.4 Å². The standard InChI is InChI=1S/C21H21N3O5/c1-3-22-18(25)11-23-19(26)16-10-13(8-9-17(16)29-2)12-24-20(27)14-6-4-5-7-15(14)21(24)28/h4-10H,3,11-12H2,1-2H3,(H,22,25)(H,23,26). The highest BCUT2D eigenvalue weighted by atomic mass is 16.5. The third-order valence-electron chi connectivity index (χ3n) is 4.51. The Balaban J connectivity index is 1.79. The summed E-state index contributed by atoms with van der Waals surface area (Å²) in [6.07, 6.45) is 0. The monoisotopic (exact) mass is 395 g/mol. The van der Waals surface area contributed by atoms with Crippen molar-refractivity contribution in [1.82, 2.24) is 15.5 Å². The minimum atomic E-state index is -0.489. The lowest BCUT2D eigenvalue weighted by atomic mass is 10.1. The van der Waals surface area contributed by atoms with Gasteiger partial charge in [0.1, 0.15) is 5.75 Å². The molecule has 0 aliphatic carbocycles. The summed E-state index contributed by atoms with van der Waals surface area (Å²) in [5.41, 5.74) is 1.53. The minimum absolute atomic E-state index is 0.0208. The minimum Gasteiger partial charge on any atom is -0.496 e. The molecule has 1 aliphatic rings. The number of methoxy groups -OCH3 is 1. The number of imide groups is 1. The molecule has 0 unspecified atom stereocenters. The summed E-state index contributed by atoms with van der Waals surface area (Å²) in [7, 11) is 1.43. The van der Waals surface area contributed by atoms with Crippen LogP contribution in [0.2, 0.25) is 0 Å². The Morgan fingerprint density at radius 3 is 2.24 bits per heavy atom. The Morgan fingerprint density at radius 1 is 1.00 bits per heavy atom. The molecule has 1 aliphatic heterocycles. The third-order valence-corrected chi connectivity index (χ3v) is 4.51. The predicted molar refractivity (Wildman–Crippen MR) is 105 cm³/mol. The first kappa shape index (κ1) is 20.1. The number of likely N-dealkylation sites (N-methyl/N-ethyl adjacent to an activating group) is 1. The fourth-order valence-electron chi connectivity index (χ4n) is 3.11. The molecule has 0 bridgehead atoms. The number of benzene rings is 2. The molecular formula is C21H21N3O5. The molecule has 8 nitrogen and oxygen atoms in total. The topological polar surface area (TPSA) is 105 Å². The molecule has 2 aromatic carbocycles. The highest BCUT2D eigenvalue weighted by Crippen LogP contribution is 2.26. The Labute approximate surface area is 167 Å². The van der Waals surface area contributed by atoms with Gasteiger partial charge in [0.15, 0.2) is 0 Å². The number of hydrogen-bond donors (Lipinski definition) is 2. The van der Waals surface area contributed by atoms with Crippen molar-refractivity contribution >= 4 is 23.6 Å². The molecule has 0 saturated carbocycles. The number of amides is 4. The summed E-state index contributed by atoms with van der Waals surface area (Å²) in [5.74, 6) is -1.21. The second-order valence-corrected chi connectivity index (χ2v) is 6.41. The van der Waals surface area contributed by atoms with E-state index in [4.69, 9.17) is 4.74 Å². The smallest absolute Gasteiger partial charge is 0.261 e. The maximum Gasteiger partial charge on any atom is 0.261 e. The molecule has 0 radical (unpaired) electrons. The zero-order valence-electron chi connectivity index (χ0n) is 16.2. The van der Waals surface area contributed by atoms with Gasteiger partial charge < -0.3 is 15.4 Å². The van der Waals surface area contributed by atoms with Crippen LogP contribution in [0.5, 0.6) is 5.75 Å². The highest BCUT2D eigenvalue weighted by Gasteiger charge is 2.35. The number of carbonyl (C=O) groups is 4. The van der Waals surface area contributed by atoms with E-state index in [0.29, 0.717) is 29.0 Å². The predicted octanol–water partition coefficient (Wildman–Crippen LogP) is 1.36. The number of rotatable bonds is 7. The van der Waals surface area contributed by atoms with Crippen molar-refractivity contribution in [2.45, 2.75) is 13.5 Å². The van der Waals surface area contributed by atoms with Crippen LogP contribution in [-0.2, 0) is 11.3 Å². The van der Waals surface area contributed by atoms with Crippen molar-refractivity contribution in [2.24, 2.45) is 0 Å². The fourth-order valence-corrected chi connectivity index (χ4v) is 3.11. The molecule has 0 fully saturated rings. The van der Waals surface area contributed by atoms with Crippen molar-refractivity contribution in [3.8, 4) is 5.75 Å². The molecule has 29 heavy (non-hydrogen) atoms. The van der Waals surface area contributed by atoms with E-state index in [1.807, 2.05) is 0 Å². The van der Waals surface area contributed by atoms with Crippen LogP contribution in [0, 0.1) is 0 Å². The van der Waals surface area contributed by atoms with Crippen molar-refractivity contribution in [3.63, 3.8) is 0 Å². The van der Waals surface area contributed by atoms with Gasteiger partial charge in [0, 0.05) is 6.54 Å². The first-order chi connectivity index (χ1) is 14.0. The van der Waals surface area contributed by atoms with E-state index in [2.05, 4.69) is 10.6 Å². The van der Waals surface area contributed by atoms with Gasteiger partial charge in [0.25, 0.3) is 17.7 Å². The zero-order valence-corrected chi connectivity index (χ0v) is 16.2. The van der Waals surface area contributed by atoms with Crippen LogP contribution in [0.4, 0.5) is 0 Å². The summed E-state index contributed by atoms with van der Waals surface area (Å²) < 4.78 is 5.23. The van der Waals surface area contributed by atoms with Crippen LogP contribution in [0.15, 0.2) is 42.5 Å². The summed E-state index contributed by atoms with van der Waals surface area (Å²) >= 11 is 0. The fraction of sp³-hybridized carbons (Fsp3) is 0.238. The van der Waals surface area contributed by atoms with E-state index in [-0.39, 0.29) is 36.4 Å². The Hall–Kier alpha value is -3.68. The maximum atomic E-state index is 12.5. The second-order valence-electron chi connectivity index (χ2n) is 6.41. The van der Waals surface area contributed by atoms with Gasteiger partial charge in [-0.3, -0.25) is 24.1 Å². The Morgan fingerprint density at radius 2 is 1.66 bits per heavy atom. The second kappa shape index (κ2) is 8.55. The molecule has 150 valence electrons. The molecule has 4 amide bonds. The van der Waals surface area contributed by atoms with E-state index in [1.165, 1.54) is 7.11 Å². The summed E-state index contributed by atoms with van der Waals surface area (Å²) in [5, 5.41) is 5.12. The van der Waals surface area contributed by atoms with Gasteiger partial charge in [-0.15, -0.1) is 0 Å². The van der Waals surface area contributed by atoms with Gasteiger partial charge in [0.2, 0.25) is 5.91 Å². The molecule has 8 heteroatoms. The SMILES string of the molecule is CCNC(=O)CNC(=O)c1cc(CN2C(=O)c3ccccc3C2=O)ccc1OC. The quantitative estimate of drug-likeness (QED) is 0.689. The number of fused-ring (bicyclic) bond motifs is 1. The first-order valence-electron chi connectivity index (χ1n) is 9.13. The summed E-state index contributed by atoms with van der Waals surface area (Å²) in [4.78, 5) is 50.3. The average molecular weight is 395 g/mol. The largest absolute Gasteiger partial charge is 0.496 e. The molecule has 0 saturated heterocycles. The number of hydrogen-bond acceptors (Lipinski definition) is 5. The molecule has 1 heterocycles. The number of nitrogens with zero attached hydrogens (tertiary/aromatic N) is 1. The lowest BCUT2D eigenvalue weighted by Crippen LogP contribution is -2.37. The molecule has 0 spiro atoms. The first-order valence-corrected chi connectivity index (χ1v) is 9.13. The van der Waals surface area contributed by atoms with Crippen LogP contribution in [-0.4, -0.2) is 48.7 Å². The van der Waals surface area contributed by atoms with Crippen molar-refractivity contribution < 1.29 is 23.9 Å². The van der Waals surface area contributed by atoms with Gasteiger partial charge in [0.05, 0.1) is 36.9 Å². The lowest BCUT2D eigenvalue weighted by molar-refractivity contribution is -0.120. The molecule has 2 aromatic rings. The van der Waals surface area contributed by atoms with Crippen molar-refractivity contribution in [3.05, 3.63) is 64.7 Å². The lowest BCUT2D eigenvalue weighted by Gasteiger charge is -2.16. The zero-order chi connectivity index (χ0) is 21.0. The Bertz CT molecular complexity index is 951. The van der Waals surface area contributed by atoms with E-state index >= 15 is 0 Å². The van der Waals surface area contributed by atoms with Gasteiger partial charge in [-0.05, 0) is 36.8 Å². The average Bonchev–Trinajstić information content (AvgIpc) is 2.97. The number of nitrogens with one attached hydrogen (secondary N) is 2. The highest BCUT2D eigenvalue weighted by molar-refractivity contribution is 6.21. The number of carbonyl (C=O) groups excluding carboxylic acids is 4. The van der Waals surface area contributed by atoms with Crippen molar-refractivity contribution in [2.75, 3.05) is 20.2 Å². The van der Waals surface area contributed by atoms with Gasteiger partial charge >= 0.3 is 0 Å². The van der Waals surface area contributed by atoms with Crippen LogP contribution in [0.1, 0.15) is 43.6 Å². The van der Waals surface area contributed by atoms with Gasteiger partial charge in [-0.1, -0.05) is 18.2 Å². The molecular weight excluding hydrogens is 374 g/mol. The van der Waals surface area contributed by atoms with Gasteiger partial charge in [-0.25, -0.2) is 0 Å². The third kappa shape index (κ3) is 4.11. The molecule has 3 rings (SSSR count). The van der Waals surface area contributed by atoms with Crippen LogP contribution >= 0.6 is 0 Å². The van der Waals surface area contributed by atoms with Gasteiger partial charge in [-0.2, -0.15) is 0 Å². The van der Waals surface area contributed by atoms with Crippen molar-refractivity contribution in [1.29, 1.82) is 0 Å². The molecule has 2 N–H and O–H groups in total. The maximum absolute atomic E-state index is 12.5. The Kier molecular flexibility index (Phi) is 5.92. The molecule has 0 atom stereocenters. The van der Waals surface area contributed by atoms with E-state index in [0.717, 1.165) is 4.90 Å². The summed E-state index contributed by atoms with van der Waals surface area (Å²) in [6.45, 7) is 2.10.